The van der Waals surface area contributed by atoms with Gasteiger partial charge in [-0.1, -0.05) is 18.3 Å². The third kappa shape index (κ3) is 6.71. The van der Waals surface area contributed by atoms with Crippen molar-refractivity contribution in [2.45, 2.75) is 45.5 Å². The fraction of sp³-hybridized carbons (Fsp3) is 0.565. The number of methoxy groups -OCH3 is 3. The van der Waals surface area contributed by atoms with Crippen molar-refractivity contribution in [1.82, 2.24) is 4.90 Å². The minimum absolute atomic E-state index is 0.121. The zero-order valence-electron chi connectivity index (χ0n) is 20.2. The van der Waals surface area contributed by atoms with Crippen LogP contribution in [-0.2, 0) is 23.8 Å². The molecule has 2 amide bonds. The minimum atomic E-state index is -1.46. The number of piperidine rings is 1. The number of anilines is 1. The molecule has 0 radical (unpaired) electrons. The van der Waals surface area contributed by atoms with Crippen molar-refractivity contribution in [3.05, 3.63) is 24.0 Å². The van der Waals surface area contributed by atoms with Crippen molar-refractivity contribution in [2.24, 2.45) is 11.8 Å². The van der Waals surface area contributed by atoms with Crippen LogP contribution in [0.5, 0.6) is 5.75 Å². The van der Waals surface area contributed by atoms with Crippen LogP contribution in [0.2, 0.25) is 0 Å². The highest BCUT2D eigenvalue weighted by molar-refractivity contribution is 7.80. The maximum atomic E-state index is 14.1. The summed E-state index contributed by atoms with van der Waals surface area (Å²) >= 11 is 5.39. The number of nitrogens with zero attached hydrogens (tertiary/aromatic N) is 1. The molecule has 9 nitrogen and oxygen atoms in total. The molecule has 1 fully saturated rings. The number of para-hydroxylation sites is 1. The molecule has 1 saturated heterocycles. The molecule has 0 spiro atoms. The van der Waals surface area contributed by atoms with Crippen molar-refractivity contribution in [3.63, 3.8) is 0 Å². The SMILES string of the molecule is COc1c(F)cccc1NC(=S)C1C(=O)C(CCC(OC)OC)CN(C(=O)OC(C)(C)C)C1=O. The molecule has 188 valence electrons. The Balaban J connectivity index is 2.35. The van der Waals surface area contributed by atoms with E-state index in [0.29, 0.717) is 6.42 Å². The summed E-state index contributed by atoms with van der Waals surface area (Å²) in [6.07, 6.45) is -0.800. The first-order valence-electron chi connectivity index (χ1n) is 10.7. The van der Waals surface area contributed by atoms with Crippen molar-refractivity contribution >= 4 is 40.7 Å². The number of nitrogens with one attached hydrogen (secondary N) is 1. The maximum Gasteiger partial charge on any atom is 0.417 e. The number of imide groups is 1. The van der Waals surface area contributed by atoms with E-state index in [4.69, 9.17) is 31.2 Å². The molecule has 0 aliphatic carbocycles. The summed E-state index contributed by atoms with van der Waals surface area (Å²) in [4.78, 5) is 40.1. The van der Waals surface area contributed by atoms with Crippen LogP contribution >= 0.6 is 12.2 Å². The zero-order valence-corrected chi connectivity index (χ0v) is 21.0. The lowest BCUT2D eigenvalue weighted by molar-refractivity contribution is -0.146. The predicted molar refractivity (Wildman–Crippen MR) is 126 cm³/mol. The summed E-state index contributed by atoms with van der Waals surface area (Å²) in [5, 5.41) is 2.74. The molecule has 1 heterocycles. The number of carbonyl (C=O) groups is 3. The van der Waals surface area contributed by atoms with Gasteiger partial charge in [0, 0.05) is 26.7 Å². The number of thiocarbonyl (C=S) groups is 1. The number of ether oxygens (including phenoxy) is 4. The second-order valence-corrected chi connectivity index (χ2v) is 9.19. The Morgan fingerprint density at radius 3 is 2.44 bits per heavy atom. The fourth-order valence-electron chi connectivity index (χ4n) is 3.56. The van der Waals surface area contributed by atoms with Gasteiger partial charge >= 0.3 is 6.09 Å². The van der Waals surface area contributed by atoms with Gasteiger partial charge in [0.15, 0.2) is 23.6 Å². The van der Waals surface area contributed by atoms with Crippen molar-refractivity contribution < 1.29 is 37.7 Å². The Labute approximate surface area is 203 Å². The number of benzene rings is 1. The van der Waals surface area contributed by atoms with E-state index >= 15 is 0 Å². The predicted octanol–water partition coefficient (Wildman–Crippen LogP) is 3.55. The molecular weight excluding hydrogens is 467 g/mol. The van der Waals surface area contributed by atoms with E-state index in [2.05, 4.69) is 5.32 Å². The number of halogens is 1. The largest absolute Gasteiger partial charge is 0.492 e. The van der Waals surface area contributed by atoms with Crippen LogP contribution in [0.15, 0.2) is 18.2 Å². The van der Waals surface area contributed by atoms with E-state index < -0.39 is 47.3 Å². The Hall–Kier alpha value is -2.63. The van der Waals surface area contributed by atoms with Crippen LogP contribution in [-0.4, -0.2) is 67.4 Å². The number of hydrogen-bond donors (Lipinski definition) is 1. The Bertz CT molecular complexity index is 930. The lowest BCUT2D eigenvalue weighted by Crippen LogP contribution is -2.57. The van der Waals surface area contributed by atoms with Gasteiger partial charge in [0.25, 0.3) is 0 Å². The van der Waals surface area contributed by atoms with Gasteiger partial charge in [-0.15, -0.1) is 0 Å². The van der Waals surface area contributed by atoms with E-state index in [9.17, 15) is 18.8 Å². The molecule has 0 bridgehead atoms. The standard InChI is InChI=1S/C23H31FN2O7S/c1-23(2,3)33-22(29)26-12-13(10-11-16(30-4)31-5)18(27)17(21(26)28)20(34)25-15-9-7-8-14(24)19(15)32-6/h7-9,13,16-17H,10-12H2,1-6H3,(H,25,34). The third-order valence-corrected chi connectivity index (χ3v) is 5.52. The first-order chi connectivity index (χ1) is 15.9. The molecule has 2 unspecified atom stereocenters. The number of carbonyl (C=O) groups excluding carboxylic acids is 3. The monoisotopic (exact) mass is 498 g/mol. The lowest BCUT2D eigenvalue weighted by atomic mass is 9.84. The Morgan fingerprint density at radius 2 is 1.88 bits per heavy atom. The molecule has 2 rings (SSSR count). The van der Waals surface area contributed by atoms with Gasteiger partial charge in [-0.2, -0.15) is 0 Å². The fourth-order valence-corrected chi connectivity index (χ4v) is 3.89. The average molecular weight is 499 g/mol. The number of ketones is 1. The number of rotatable bonds is 8. The molecular formula is C23H31FN2O7S. The van der Waals surface area contributed by atoms with Gasteiger partial charge in [0.05, 0.1) is 12.8 Å². The summed E-state index contributed by atoms with van der Waals surface area (Å²) < 4.78 is 34.9. The highest BCUT2D eigenvalue weighted by atomic mass is 32.1. The number of Topliss-reactive ketones (excluding diaryl/α,β-unsaturated/α-hetero) is 1. The normalized spacial score (nSPS) is 18.8. The molecule has 1 aliphatic rings. The summed E-state index contributed by atoms with van der Waals surface area (Å²) in [5.41, 5.74) is -0.702. The third-order valence-electron chi connectivity index (χ3n) is 5.18. The summed E-state index contributed by atoms with van der Waals surface area (Å²) in [6.45, 7) is 4.85. The van der Waals surface area contributed by atoms with E-state index in [-0.39, 0.29) is 29.4 Å². The van der Waals surface area contributed by atoms with Gasteiger partial charge in [-0.25, -0.2) is 14.1 Å². The van der Waals surface area contributed by atoms with Crippen molar-refractivity contribution in [2.75, 3.05) is 33.2 Å². The smallest absolute Gasteiger partial charge is 0.417 e. The first kappa shape index (κ1) is 27.6. The van der Waals surface area contributed by atoms with Gasteiger partial charge in [-0.3, -0.25) is 9.59 Å². The highest BCUT2D eigenvalue weighted by Gasteiger charge is 2.47. The number of amides is 2. The molecule has 1 aliphatic heterocycles. The highest BCUT2D eigenvalue weighted by Crippen LogP contribution is 2.31. The minimum Gasteiger partial charge on any atom is -0.492 e. The molecule has 0 saturated carbocycles. The van der Waals surface area contributed by atoms with E-state index in [0.717, 1.165) is 4.90 Å². The molecule has 1 N–H and O–H groups in total. The van der Waals surface area contributed by atoms with Crippen LogP contribution in [0.1, 0.15) is 33.6 Å². The molecule has 2 atom stereocenters. The number of likely N-dealkylation sites (tertiary alicyclic amines) is 1. The van der Waals surface area contributed by atoms with E-state index in [1.165, 1.54) is 39.5 Å². The average Bonchev–Trinajstić information content (AvgIpc) is 2.74. The molecule has 34 heavy (non-hydrogen) atoms. The lowest BCUT2D eigenvalue weighted by Gasteiger charge is -2.36. The second kappa shape index (κ2) is 11.7. The van der Waals surface area contributed by atoms with E-state index in [1.807, 2.05) is 0 Å². The second-order valence-electron chi connectivity index (χ2n) is 8.75. The number of hydrogen-bond acceptors (Lipinski definition) is 8. The maximum absolute atomic E-state index is 14.1. The topological polar surface area (TPSA) is 103 Å². The van der Waals surface area contributed by atoms with Crippen molar-refractivity contribution in [1.29, 1.82) is 0 Å². The van der Waals surface area contributed by atoms with Crippen LogP contribution in [0, 0.1) is 17.7 Å². The Morgan fingerprint density at radius 1 is 1.24 bits per heavy atom. The van der Waals surface area contributed by atoms with Gasteiger partial charge in [0.1, 0.15) is 16.5 Å². The van der Waals surface area contributed by atoms with Gasteiger partial charge in [0.2, 0.25) is 5.91 Å². The van der Waals surface area contributed by atoms with Crippen LogP contribution in [0.25, 0.3) is 0 Å². The Kier molecular flexibility index (Phi) is 9.48. The van der Waals surface area contributed by atoms with E-state index in [1.54, 1.807) is 20.8 Å². The van der Waals surface area contributed by atoms with Crippen LogP contribution in [0.4, 0.5) is 14.9 Å². The zero-order chi connectivity index (χ0) is 25.6. The summed E-state index contributed by atoms with van der Waals surface area (Å²) in [5.74, 6) is -4.21. The molecule has 1 aromatic rings. The molecule has 0 aromatic heterocycles. The van der Waals surface area contributed by atoms with Gasteiger partial charge in [-0.05, 0) is 45.7 Å². The quantitative estimate of drug-likeness (QED) is 0.327. The summed E-state index contributed by atoms with van der Waals surface area (Å²) in [6, 6.07) is 4.13. The van der Waals surface area contributed by atoms with Crippen LogP contribution < -0.4 is 10.1 Å². The summed E-state index contributed by atoms with van der Waals surface area (Å²) in [7, 11) is 4.23. The van der Waals surface area contributed by atoms with Gasteiger partial charge < -0.3 is 24.3 Å². The van der Waals surface area contributed by atoms with Crippen LogP contribution in [0.3, 0.4) is 0 Å². The first-order valence-corrected chi connectivity index (χ1v) is 11.1. The van der Waals surface area contributed by atoms with Crippen molar-refractivity contribution in [3.8, 4) is 5.75 Å². The molecule has 1 aromatic carbocycles. The molecule has 11 heteroatoms.